The highest BCUT2D eigenvalue weighted by molar-refractivity contribution is 5.80. The van der Waals surface area contributed by atoms with Gasteiger partial charge in [0.1, 0.15) is 5.54 Å². The molecule has 0 aliphatic carbocycles. The third-order valence-electron chi connectivity index (χ3n) is 3.86. The van der Waals surface area contributed by atoms with Crippen molar-refractivity contribution in [2.45, 2.75) is 65.5 Å². The van der Waals surface area contributed by atoms with Gasteiger partial charge in [-0.25, -0.2) is 0 Å². The molecule has 120 valence electrons. The summed E-state index contributed by atoms with van der Waals surface area (Å²) in [4.78, 5) is 12.1. The third kappa shape index (κ3) is 4.56. The van der Waals surface area contributed by atoms with Crippen LogP contribution < -0.4 is 5.32 Å². The molecule has 1 N–H and O–H groups in total. The van der Waals surface area contributed by atoms with Crippen molar-refractivity contribution < 1.29 is 9.53 Å². The first-order valence-electron chi connectivity index (χ1n) is 7.89. The number of methoxy groups -OCH3 is 1. The molecule has 0 radical (unpaired) electrons. The second-order valence-corrected chi connectivity index (χ2v) is 5.56. The van der Waals surface area contributed by atoms with Gasteiger partial charge >= 0.3 is 5.97 Å². The van der Waals surface area contributed by atoms with Crippen LogP contribution in [0.4, 0.5) is 0 Å². The number of ether oxygens (including phenoxy) is 1. The Hall–Kier alpha value is -1.36. The SMILES string of the molecule is CCCNC(C)(CCn1nc(CC)cc1CC)C(=O)OC. The van der Waals surface area contributed by atoms with E-state index in [1.807, 2.05) is 11.6 Å². The average molecular weight is 295 g/mol. The van der Waals surface area contributed by atoms with Gasteiger partial charge in [0.05, 0.1) is 12.8 Å². The maximum atomic E-state index is 12.1. The smallest absolute Gasteiger partial charge is 0.325 e. The largest absolute Gasteiger partial charge is 0.468 e. The molecule has 1 heterocycles. The highest BCUT2D eigenvalue weighted by Gasteiger charge is 2.33. The quantitative estimate of drug-likeness (QED) is 0.710. The Labute approximate surface area is 128 Å². The van der Waals surface area contributed by atoms with E-state index in [2.05, 4.69) is 37.3 Å². The van der Waals surface area contributed by atoms with Gasteiger partial charge in [-0.2, -0.15) is 5.10 Å². The summed E-state index contributed by atoms with van der Waals surface area (Å²) in [5.74, 6) is -0.211. The number of esters is 1. The van der Waals surface area contributed by atoms with Crippen molar-refractivity contribution >= 4 is 5.97 Å². The predicted molar refractivity (Wildman–Crippen MR) is 84.3 cm³/mol. The van der Waals surface area contributed by atoms with Crippen molar-refractivity contribution in [3.63, 3.8) is 0 Å². The normalized spacial score (nSPS) is 14.0. The molecular weight excluding hydrogens is 266 g/mol. The minimum absolute atomic E-state index is 0.211. The fourth-order valence-corrected chi connectivity index (χ4v) is 2.38. The van der Waals surface area contributed by atoms with Gasteiger partial charge in [-0.1, -0.05) is 20.8 Å². The molecule has 1 atom stereocenters. The van der Waals surface area contributed by atoms with Crippen LogP contribution in [0.2, 0.25) is 0 Å². The molecule has 0 spiro atoms. The lowest BCUT2D eigenvalue weighted by Gasteiger charge is -2.28. The van der Waals surface area contributed by atoms with E-state index in [0.29, 0.717) is 13.0 Å². The number of carbonyl (C=O) groups excluding carboxylic acids is 1. The lowest BCUT2D eigenvalue weighted by Crippen LogP contribution is -2.51. The molecule has 0 saturated carbocycles. The van der Waals surface area contributed by atoms with Crippen molar-refractivity contribution in [2.24, 2.45) is 0 Å². The highest BCUT2D eigenvalue weighted by Crippen LogP contribution is 2.15. The zero-order chi connectivity index (χ0) is 15.9. The molecular formula is C16H29N3O2. The fourth-order valence-electron chi connectivity index (χ4n) is 2.38. The first-order valence-corrected chi connectivity index (χ1v) is 7.89. The molecule has 1 rings (SSSR count). The van der Waals surface area contributed by atoms with Crippen molar-refractivity contribution in [1.82, 2.24) is 15.1 Å². The zero-order valence-electron chi connectivity index (χ0n) is 14.0. The summed E-state index contributed by atoms with van der Waals surface area (Å²) < 4.78 is 6.97. The summed E-state index contributed by atoms with van der Waals surface area (Å²) in [5, 5.41) is 7.91. The van der Waals surface area contributed by atoms with E-state index >= 15 is 0 Å². The Morgan fingerprint density at radius 3 is 2.62 bits per heavy atom. The van der Waals surface area contributed by atoms with E-state index in [4.69, 9.17) is 4.74 Å². The molecule has 1 aromatic heterocycles. The molecule has 0 fully saturated rings. The van der Waals surface area contributed by atoms with E-state index in [0.717, 1.165) is 31.5 Å². The van der Waals surface area contributed by atoms with Crippen LogP contribution in [-0.2, 0) is 28.9 Å². The van der Waals surface area contributed by atoms with E-state index < -0.39 is 5.54 Å². The molecule has 5 heteroatoms. The Balaban J connectivity index is 2.80. The minimum Gasteiger partial charge on any atom is -0.468 e. The van der Waals surface area contributed by atoms with E-state index in [9.17, 15) is 4.79 Å². The maximum absolute atomic E-state index is 12.1. The lowest BCUT2D eigenvalue weighted by molar-refractivity contribution is -0.148. The lowest BCUT2D eigenvalue weighted by atomic mass is 9.97. The van der Waals surface area contributed by atoms with Gasteiger partial charge in [-0.15, -0.1) is 0 Å². The molecule has 0 aromatic carbocycles. The molecule has 5 nitrogen and oxygen atoms in total. The van der Waals surface area contributed by atoms with Gasteiger partial charge in [-0.05, 0) is 45.2 Å². The first-order chi connectivity index (χ1) is 10.0. The second kappa shape index (κ2) is 8.17. The standard InChI is InChI=1S/C16H29N3O2/c1-6-10-17-16(4,15(20)21-5)9-11-19-14(8-3)12-13(7-2)18-19/h12,17H,6-11H2,1-5H3. The average Bonchev–Trinajstić information content (AvgIpc) is 2.92. The fraction of sp³-hybridized carbons (Fsp3) is 0.750. The second-order valence-electron chi connectivity index (χ2n) is 5.56. The molecule has 0 aliphatic rings. The molecule has 21 heavy (non-hydrogen) atoms. The van der Waals surface area contributed by atoms with Crippen molar-refractivity contribution in [1.29, 1.82) is 0 Å². The van der Waals surface area contributed by atoms with Crippen LogP contribution in [0.5, 0.6) is 0 Å². The molecule has 1 unspecified atom stereocenters. The molecule has 0 amide bonds. The summed E-state index contributed by atoms with van der Waals surface area (Å²) in [6.07, 6.45) is 3.53. The maximum Gasteiger partial charge on any atom is 0.325 e. The van der Waals surface area contributed by atoms with Gasteiger partial charge in [0, 0.05) is 12.2 Å². The Morgan fingerprint density at radius 2 is 2.10 bits per heavy atom. The van der Waals surface area contributed by atoms with Gasteiger partial charge in [-0.3, -0.25) is 9.48 Å². The van der Waals surface area contributed by atoms with Crippen molar-refractivity contribution in [3.05, 3.63) is 17.5 Å². The molecule has 0 saturated heterocycles. The molecule has 0 aliphatic heterocycles. The number of nitrogens with zero attached hydrogens (tertiary/aromatic N) is 2. The van der Waals surface area contributed by atoms with Crippen LogP contribution in [-0.4, -0.2) is 34.9 Å². The van der Waals surface area contributed by atoms with Crippen LogP contribution >= 0.6 is 0 Å². The van der Waals surface area contributed by atoms with E-state index in [-0.39, 0.29) is 5.97 Å². The van der Waals surface area contributed by atoms with E-state index in [1.54, 1.807) is 0 Å². The molecule has 1 aromatic rings. The number of aromatic nitrogens is 2. The zero-order valence-corrected chi connectivity index (χ0v) is 14.0. The van der Waals surface area contributed by atoms with Crippen LogP contribution in [0.1, 0.15) is 51.9 Å². The van der Waals surface area contributed by atoms with Gasteiger partial charge in [0.15, 0.2) is 0 Å². The van der Waals surface area contributed by atoms with Crippen molar-refractivity contribution in [2.75, 3.05) is 13.7 Å². The number of aryl methyl sites for hydroxylation is 3. The highest BCUT2D eigenvalue weighted by atomic mass is 16.5. The number of nitrogens with one attached hydrogen (secondary N) is 1. The number of rotatable bonds is 9. The third-order valence-corrected chi connectivity index (χ3v) is 3.86. The number of carbonyl (C=O) groups is 1. The molecule has 0 bridgehead atoms. The summed E-state index contributed by atoms with van der Waals surface area (Å²) in [7, 11) is 1.44. The van der Waals surface area contributed by atoms with E-state index in [1.165, 1.54) is 12.8 Å². The summed E-state index contributed by atoms with van der Waals surface area (Å²) in [6, 6.07) is 2.15. The van der Waals surface area contributed by atoms with Crippen LogP contribution in [0.25, 0.3) is 0 Å². The Morgan fingerprint density at radius 1 is 1.38 bits per heavy atom. The summed E-state index contributed by atoms with van der Waals surface area (Å²) in [6.45, 7) is 9.73. The summed E-state index contributed by atoms with van der Waals surface area (Å²) in [5.41, 5.74) is 1.66. The van der Waals surface area contributed by atoms with Gasteiger partial charge in [0.25, 0.3) is 0 Å². The van der Waals surface area contributed by atoms with Crippen LogP contribution in [0.15, 0.2) is 6.07 Å². The monoisotopic (exact) mass is 295 g/mol. The van der Waals surface area contributed by atoms with Gasteiger partial charge in [0.2, 0.25) is 0 Å². The van der Waals surface area contributed by atoms with Gasteiger partial charge < -0.3 is 10.1 Å². The Kier molecular flexibility index (Phi) is 6.89. The predicted octanol–water partition coefficient (Wildman–Crippen LogP) is 2.33. The number of hydrogen-bond donors (Lipinski definition) is 1. The minimum atomic E-state index is -0.659. The summed E-state index contributed by atoms with van der Waals surface area (Å²) >= 11 is 0. The van der Waals surface area contributed by atoms with Crippen LogP contribution in [0.3, 0.4) is 0 Å². The van der Waals surface area contributed by atoms with Crippen molar-refractivity contribution in [3.8, 4) is 0 Å². The first kappa shape index (κ1) is 17.7. The topological polar surface area (TPSA) is 56.2 Å². The number of hydrogen-bond acceptors (Lipinski definition) is 4. The van der Waals surface area contributed by atoms with Crippen LogP contribution in [0, 0.1) is 0 Å². The Bertz CT molecular complexity index is 456.